The van der Waals surface area contributed by atoms with Gasteiger partial charge in [-0.15, -0.1) is 0 Å². The summed E-state index contributed by atoms with van der Waals surface area (Å²) in [5.41, 5.74) is 0.506. The van der Waals surface area contributed by atoms with Crippen LogP contribution in [0.5, 0.6) is 0 Å². The lowest BCUT2D eigenvalue weighted by Gasteiger charge is -1.97. The van der Waals surface area contributed by atoms with E-state index < -0.39 is 5.97 Å². The number of allylic oxidation sites excluding steroid dienone is 3. The monoisotopic (exact) mass is 182 g/mol. The minimum Gasteiger partial charge on any atom is -0.478 e. The van der Waals surface area contributed by atoms with Gasteiger partial charge in [0.2, 0.25) is 0 Å². The summed E-state index contributed by atoms with van der Waals surface area (Å²) >= 11 is 0. The first-order chi connectivity index (χ1) is 6.22. The van der Waals surface area contributed by atoms with Crippen LogP contribution < -0.4 is 0 Å². The maximum Gasteiger partial charge on any atom is 0.331 e. The highest BCUT2D eigenvalue weighted by Crippen LogP contribution is 2.06. The maximum atomic E-state index is 10.7. The molecule has 0 aromatic carbocycles. The Balaban J connectivity index is 4.07. The highest BCUT2D eigenvalue weighted by atomic mass is 16.4. The van der Waals surface area contributed by atoms with Crippen LogP contribution in [0.25, 0.3) is 0 Å². The summed E-state index contributed by atoms with van der Waals surface area (Å²) < 4.78 is 0. The Morgan fingerprint density at radius 1 is 1.46 bits per heavy atom. The third kappa shape index (κ3) is 6.14. The molecule has 2 heteroatoms. The summed E-state index contributed by atoms with van der Waals surface area (Å²) in [6.07, 6.45) is 9.14. The van der Waals surface area contributed by atoms with E-state index in [2.05, 4.69) is 6.92 Å². The lowest BCUT2D eigenvalue weighted by Crippen LogP contribution is -1.99. The summed E-state index contributed by atoms with van der Waals surface area (Å²) in [6.45, 7) is 3.99. The highest BCUT2D eigenvalue weighted by Gasteiger charge is 2.03. The first-order valence-electron chi connectivity index (χ1n) is 4.75. The van der Waals surface area contributed by atoms with Crippen molar-refractivity contribution in [2.45, 2.75) is 39.5 Å². The second-order valence-corrected chi connectivity index (χ2v) is 2.95. The molecule has 0 saturated carbocycles. The van der Waals surface area contributed by atoms with Crippen molar-refractivity contribution in [1.82, 2.24) is 0 Å². The topological polar surface area (TPSA) is 37.3 Å². The molecule has 0 unspecified atom stereocenters. The van der Waals surface area contributed by atoms with Gasteiger partial charge in [0.1, 0.15) is 0 Å². The summed E-state index contributed by atoms with van der Waals surface area (Å²) in [6, 6.07) is 0. The molecule has 0 rings (SSSR count). The van der Waals surface area contributed by atoms with E-state index in [9.17, 15) is 4.79 Å². The van der Waals surface area contributed by atoms with Gasteiger partial charge in [-0.25, -0.2) is 4.79 Å². The fraction of sp³-hybridized carbons (Fsp3) is 0.545. The number of unbranched alkanes of at least 4 members (excludes halogenated alkanes) is 2. The molecule has 0 aliphatic rings. The van der Waals surface area contributed by atoms with Gasteiger partial charge < -0.3 is 5.11 Å². The molecule has 0 aromatic heterocycles. The average Bonchev–Trinajstić information content (AvgIpc) is 2.10. The van der Waals surface area contributed by atoms with Crippen LogP contribution in [-0.2, 0) is 4.79 Å². The van der Waals surface area contributed by atoms with Gasteiger partial charge in [0, 0.05) is 5.57 Å². The molecule has 0 bridgehead atoms. The number of rotatable bonds is 6. The van der Waals surface area contributed by atoms with Crippen molar-refractivity contribution in [3.63, 3.8) is 0 Å². The highest BCUT2D eigenvalue weighted by molar-refractivity contribution is 5.86. The van der Waals surface area contributed by atoms with E-state index in [4.69, 9.17) is 5.11 Å². The van der Waals surface area contributed by atoms with Gasteiger partial charge in [-0.3, -0.25) is 0 Å². The number of hydrogen-bond acceptors (Lipinski definition) is 1. The van der Waals surface area contributed by atoms with Crippen molar-refractivity contribution in [1.29, 1.82) is 0 Å². The molecule has 13 heavy (non-hydrogen) atoms. The Hall–Kier alpha value is -1.05. The fourth-order valence-electron chi connectivity index (χ4n) is 0.983. The van der Waals surface area contributed by atoms with E-state index in [1.165, 1.54) is 0 Å². The minimum atomic E-state index is -0.797. The van der Waals surface area contributed by atoms with E-state index >= 15 is 0 Å². The quantitative estimate of drug-likeness (QED) is 0.389. The smallest absolute Gasteiger partial charge is 0.331 e. The van der Waals surface area contributed by atoms with Crippen molar-refractivity contribution < 1.29 is 9.90 Å². The molecule has 0 amide bonds. The lowest BCUT2D eigenvalue weighted by molar-refractivity contribution is -0.132. The second kappa shape index (κ2) is 7.59. The summed E-state index contributed by atoms with van der Waals surface area (Å²) in [4.78, 5) is 10.7. The molecule has 0 aliphatic heterocycles. The van der Waals surface area contributed by atoms with E-state index in [1.54, 1.807) is 0 Å². The van der Waals surface area contributed by atoms with Gasteiger partial charge in [-0.1, -0.05) is 38.0 Å². The number of aliphatic carboxylic acids is 1. The molecule has 0 saturated heterocycles. The third-order valence-electron chi connectivity index (χ3n) is 1.80. The molecule has 0 heterocycles. The molecule has 2 nitrogen and oxygen atoms in total. The fourth-order valence-corrected chi connectivity index (χ4v) is 0.983. The zero-order chi connectivity index (χ0) is 10.1. The molecule has 0 atom stereocenters. The molecule has 0 radical (unpaired) electrons. The predicted octanol–water partition coefficient (Wildman–Crippen LogP) is 3.15. The molecule has 0 spiro atoms. The van der Waals surface area contributed by atoms with Crippen molar-refractivity contribution in [3.05, 3.63) is 23.8 Å². The normalized spacial score (nSPS) is 12.3. The first-order valence-corrected chi connectivity index (χ1v) is 4.75. The molecule has 0 aliphatic carbocycles. The number of carboxylic acids is 1. The average molecular weight is 182 g/mol. The maximum absolute atomic E-state index is 10.7. The van der Waals surface area contributed by atoms with Gasteiger partial charge in [0.15, 0.2) is 0 Å². The summed E-state index contributed by atoms with van der Waals surface area (Å²) in [5.74, 6) is -0.797. The summed E-state index contributed by atoms with van der Waals surface area (Å²) in [5, 5.41) is 8.80. The van der Waals surface area contributed by atoms with Crippen LogP contribution in [0, 0.1) is 0 Å². The van der Waals surface area contributed by atoms with E-state index in [0.717, 1.165) is 19.3 Å². The minimum absolute atomic E-state index is 0.506. The third-order valence-corrected chi connectivity index (χ3v) is 1.80. The van der Waals surface area contributed by atoms with Crippen molar-refractivity contribution >= 4 is 5.97 Å². The molecule has 1 N–H and O–H groups in total. The standard InChI is InChI=1S/C11H18O2/c1-3-5-7-9-10(11(12)13)8-6-4-2/h4,6,9H,3,5,7-8H2,1-2H3,(H,12,13)/b6-4+,10-9-. The predicted molar refractivity (Wildman–Crippen MR) is 54.7 cm³/mol. The van der Waals surface area contributed by atoms with Gasteiger partial charge in [0.25, 0.3) is 0 Å². The van der Waals surface area contributed by atoms with Gasteiger partial charge >= 0.3 is 5.97 Å². The van der Waals surface area contributed by atoms with Crippen LogP contribution in [-0.4, -0.2) is 11.1 Å². The molecular weight excluding hydrogens is 164 g/mol. The van der Waals surface area contributed by atoms with Crippen molar-refractivity contribution in [2.75, 3.05) is 0 Å². The molecule has 0 aromatic rings. The largest absolute Gasteiger partial charge is 0.478 e. The zero-order valence-corrected chi connectivity index (χ0v) is 8.42. The molecule has 74 valence electrons. The van der Waals surface area contributed by atoms with Crippen LogP contribution in [0.3, 0.4) is 0 Å². The Kier molecular flexibility index (Phi) is 6.98. The Bertz CT molecular complexity index is 202. The lowest BCUT2D eigenvalue weighted by atomic mass is 10.1. The van der Waals surface area contributed by atoms with Crippen LogP contribution in [0.15, 0.2) is 23.8 Å². The SMILES string of the molecule is C/C=C/C/C(=C/CCCC)C(=O)O. The van der Waals surface area contributed by atoms with E-state index in [1.807, 2.05) is 25.2 Å². The summed E-state index contributed by atoms with van der Waals surface area (Å²) in [7, 11) is 0. The van der Waals surface area contributed by atoms with Crippen molar-refractivity contribution in [3.8, 4) is 0 Å². The van der Waals surface area contributed by atoms with Crippen LogP contribution in [0.2, 0.25) is 0 Å². The Morgan fingerprint density at radius 3 is 2.62 bits per heavy atom. The van der Waals surface area contributed by atoms with Crippen LogP contribution in [0.4, 0.5) is 0 Å². The first kappa shape index (κ1) is 11.9. The van der Waals surface area contributed by atoms with E-state index in [-0.39, 0.29) is 0 Å². The van der Waals surface area contributed by atoms with Gasteiger partial charge in [0.05, 0.1) is 0 Å². The number of carbonyl (C=O) groups is 1. The van der Waals surface area contributed by atoms with Gasteiger partial charge in [-0.2, -0.15) is 0 Å². The van der Waals surface area contributed by atoms with Crippen LogP contribution in [0.1, 0.15) is 39.5 Å². The zero-order valence-electron chi connectivity index (χ0n) is 8.42. The van der Waals surface area contributed by atoms with E-state index in [0.29, 0.717) is 12.0 Å². The van der Waals surface area contributed by atoms with Crippen molar-refractivity contribution in [2.24, 2.45) is 0 Å². The Morgan fingerprint density at radius 2 is 2.15 bits per heavy atom. The molecule has 0 fully saturated rings. The Labute approximate surface area is 80.0 Å². The van der Waals surface area contributed by atoms with Crippen LogP contribution >= 0.6 is 0 Å². The van der Waals surface area contributed by atoms with Gasteiger partial charge in [-0.05, 0) is 19.8 Å². The second-order valence-electron chi connectivity index (χ2n) is 2.95. The number of carboxylic acid groups (broad SMARTS) is 1. The molecular formula is C11H18O2. The number of hydrogen-bond donors (Lipinski definition) is 1.